The van der Waals surface area contributed by atoms with Crippen LogP contribution in [0.2, 0.25) is 5.02 Å². The Morgan fingerprint density at radius 2 is 1.81 bits per heavy atom. The quantitative estimate of drug-likeness (QED) is 0.441. The third-order valence-corrected chi connectivity index (χ3v) is 4.11. The van der Waals surface area contributed by atoms with Crippen LogP contribution in [0, 0.1) is 0 Å². The number of halogens is 1. The number of nitrogens with one attached hydrogen (secondary N) is 3. The number of aromatic amines is 1. The molecule has 2 heterocycles. The summed E-state index contributed by atoms with van der Waals surface area (Å²) in [6.45, 7) is 2.59. The lowest BCUT2D eigenvalue weighted by molar-refractivity contribution is 0.340. The Labute approximate surface area is 160 Å². The Hall–Kier alpha value is -3.32. The van der Waals surface area contributed by atoms with Gasteiger partial charge in [0.05, 0.1) is 6.61 Å². The molecular weight excluding hydrogens is 364 g/mol. The molecule has 0 aliphatic rings. The standard InChI is InChI=1S/C19H17ClN6O/c1-2-27-15-8-6-13(7-9-15)23-19-16-17(21-11-22-18(16)25-26-19)24-14-5-3-4-12(20)10-14/h3-11H,2H2,1H3,(H3,21,22,23,24,25,26). The van der Waals surface area contributed by atoms with Gasteiger partial charge in [0, 0.05) is 16.4 Å². The fourth-order valence-electron chi connectivity index (χ4n) is 2.69. The molecule has 0 spiro atoms. The minimum absolute atomic E-state index is 0.624. The highest BCUT2D eigenvalue weighted by Gasteiger charge is 2.13. The van der Waals surface area contributed by atoms with Gasteiger partial charge < -0.3 is 15.4 Å². The van der Waals surface area contributed by atoms with Crippen molar-refractivity contribution in [3.63, 3.8) is 0 Å². The maximum Gasteiger partial charge on any atom is 0.165 e. The van der Waals surface area contributed by atoms with E-state index in [9.17, 15) is 0 Å². The van der Waals surface area contributed by atoms with Crippen molar-refractivity contribution in [2.24, 2.45) is 0 Å². The van der Waals surface area contributed by atoms with Gasteiger partial charge in [0.15, 0.2) is 11.5 Å². The Morgan fingerprint density at radius 3 is 2.59 bits per heavy atom. The van der Waals surface area contributed by atoms with Gasteiger partial charge in [-0.05, 0) is 49.4 Å². The molecule has 0 unspecified atom stereocenters. The third-order valence-electron chi connectivity index (χ3n) is 3.87. The minimum Gasteiger partial charge on any atom is -0.494 e. The van der Waals surface area contributed by atoms with Crippen molar-refractivity contribution in [2.45, 2.75) is 6.92 Å². The smallest absolute Gasteiger partial charge is 0.165 e. The predicted molar refractivity (Wildman–Crippen MR) is 107 cm³/mol. The highest BCUT2D eigenvalue weighted by Crippen LogP contribution is 2.30. The van der Waals surface area contributed by atoms with Gasteiger partial charge in [0.25, 0.3) is 0 Å². The number of anilines is 4. The maximum atomic E-state index is 6.07. The molecule has 7 nitrogen and oxygen atoms in total. The lowest BCUT2D eigenvalue weighted by Crippen LogP contribution is -1.98. The van der Waals surface area contributed by atoms with Crippen molar-refractivity contribution in [1.29, 1.82) is 0 Å². The van der Waals surface area contributed by atoms with E-state index in [0.717, 1.165) is 22.5 Å². The van der Waals surface area contributed by atoms with E-state index in [1.165, 1.54) is 6.33 Å². The fourth-order valence-corrected chi connectivity index (χ4v) is 2.88. The fraction of sp³-hybridized carbons (Fsp3) is 0.105. The van der Waals surface area contributed by atoms with Crippen molar-refractivity contribution in [3.05, 3.63) is 59.9 Å². The van der Waals surface area contributed by atoms with Crippen LogP contribution in [0.5, 0.6) is 5.75 Å². The summed E-state index contributed by atoms with van der Waals surface area (Å²) in [4.78, 5) is 8.61. The van der Waals surface area contributed by atoms with Gasteiger partial charge in [0.2, 0.25) is 0 Å². The highest BCUT2D eigenvalue weighted by molar-refractivity contribution is 6.30. The molecule has 0 fully saturated rings. The van der Waals surface area contributed by atoms with Crippen molar-refractivity contribution in [3.8, 4) is 5.75 Å². The Balaban J connectivity index is 1.65. The zero-order valence-corrected chi connectivity index (χ0v) is 15.3. The first-order valence-electron chi connectivity index (χ1n) is 8.44. The van der Waals surface area contributed by atoms with Gasteiger partial charge in [-0.3, -0.25) is 5.10 Å². The van der Waals surface area contributed by atoms with E-state index in [1.807, 2.05) is 55.5 Å². The summed E-state index contributed by atoms with van der Waals surface area (Å²) in [5.41, 5.74) is 2.34. The van der Waals surface area contributed by atoms with E-state index in [0.29, 0.717) is 28.9 Å². The van der Waals surface area contributed by atoms with Crippen molar-refractivity contribution < 1.29 is 4.74 Å². The largest absolute Gasteiger partial charge is 0.494 e. The molecule has 2 aromatic heterocycles. The monoisotopic (exact) mass is 380 g/mol. The van der Waals surface area contributed by atoms with Crippen LogP contribution in [0.15, 0.2) is 54.9 Å². The van der Waals surface area contributed by atoms with Crippen LogP contribution in [0.1, 0.15) is 6.92 Å². The number of rotatable bonds is 6. The van der Waals surface area contributed by atoms with Gasteiger partial charge in [-0.2, -0.15) is 5.10 Å². The van der Waals surface area contributed by atoms with Crippen LogP contribution >= 0.6 is 11.6 Å². The van der Waals surface area contributed by atoms with Crippen LogP contribution < -0.4 is 15.4 Å². The van der Waals surface area contributed by atoms with E-state index in [4.69, 9.17) is 16.3 Å². The number of aromatic nitrogens is 4. The van der Waals surface area contributed by atoms with Crippen LogP contribution in [0.3, 0.4) is 0 Å². The molecule has 0 saturated heterocycles. The molecule has 0 saturated carbocycles. The highest BCUT2D eigenvalue weighted by atomic mass is 35.5. The van der Waals surface area contributed by atoms with E-state index >= 15 is 0 Å². The second-order valence-electron chi connectivity index (χ2n) is 5.74. The number of hydrogen-bond donors (Lipinski definition) is 3. The van der Waals surface area contributed by atoms with Gasteiger partial charge in [-0.15, -0.1) is 0 Å². The molecule has 0 aliphatic heterocycles. The first-order valence-corrected chi connectivity index (χ1v) is 8.82. The molecule has 0 bridgehead atoms. The molecule has 136 valence electrons. The van der Waals surface area contributed by atoms with Crippen LogP contribution in [-0.4, -0.2) is 26.8 Å². The van der Waals surface area contributed by atoms with Crippen molar-refractivity contribution in [1.82, 2.24) is 20.2 Å². The molecule has 4 rings (SSSR count). The maximum absolute atomic E-state index is 6.07. The summed E-state index contributed by atoms with van der Waals surface area (Å²) in [6, 6.07) is 15.1. The van der Waals surface area contributed by atoms with Crippen LogP contribution in [0.4, 0.5) is 23.0 Å². The summed E-state index contributed by atoms with van der Waals surface area (Å²) in [7, 11) is 0. The van der Waals surface area contributed by atoms with Crippen LogP contribution in [0.25, 0.3) is 11.0 Å². The number of fused-ring (bicyclic) bond motifs is 1. The summed E-state index contributed by atoms with van der Waals surface area (Å²) >= 11 is 6.07. The normalized spacial score (nSPS) is 10.7. The molecular formula is C19H17ClN6O. The van der Waals surface area contributed by atoms with Gasteiger partial charge in [-0.25, -0.2) is 9.97 Å². The molecule has 8 heteroatoms. The van der Waals surface area contributed by atoms with E-state index in [-0.39, 0.29) is 0 Å². The van der Waals surface area contributed by atoms with Gasteiger partial charge in [0.1, 0.15) is 23.3 Å². The summed E-state index contributed by atoms with van der Waals surface area (Å²) in [5, 5.41) is 15.2. The molecule has 0 atom stereocenters. The molecule has 27 heavy (non-hydrogen) atoms. The number of benzene rings is 2. The number of hydrogen-bond acceptors (Lipinski definition) is 6. The average Bonchev–Trinajstić information content (AvgIpc) is 3.08. The first-order chi connectivity index (χ1) is 13.2. The van der Waals surface area contributed by atoms with Gasteiger partial charge in [-0.1, -0.05) is 17.7 Å². The Kier molecular flexibility index (Phi) is 4.76. The molecule has 3 N–H and O–H groups in total. The predicted octanol–water partition coefficient (Wildman–Crippen LogP) is 4.89. The zero-order chi connectivity index (χ0) is 18.6. The number of H-pyrrole nitrogens is 1. The van der Waals surface area contributed by atoms with E-state index in [1.54, 1.807) is 0 Å². The molecule has 0 amide bonds. The summed E-state index contributed by atoms with van der Waals surface area (Å²) in [5.74, 6) is 2.07. The SMILES string of the molecule is CCOc1ccc(Nc2n[nH]c3ncnc(Nc4cccc(Cl)c4)c23)cc1. The Bertz CT molecular complexity index is 1060. The summed E-state index contributed by atoms with van der Waals surface area (Å²) in [6.07, 6.45) is 1.48. The van der Waals surface area contributed by atoms with Gasteiger partial charge >= 0.3 is 0 Å². The molecule has 0 aliphatic carbocycles. The zero-order valence-electron chi connectivity index (χ0n) is 14.5. The molecule has 2 aromatic carbocycles. The first kappa shape index (κ1) is 17.1. The average molecular weight is 381 g/mol. The minimum atomic E-state index is 0.624. The van der Waals surface area contributed by atoms with Crippen molar-refractivity contribution in [2.75, 3.05) is 17.2 Å². The Morgan fingerprint density at radius 1 is 1.00 bits per heavy atom. The molecule has 0 radical (unpaired) electrons. The lowest BCUT2D eigenvalue weighted by Gasteiger charge is -2.09. The summed E-state index contributed by atoms with van der Waals surface area (Å²) < 4.78 is 5.47. The topological polar surface area (TPSA) is 87.8 Å². The number of nitrogens with zero attached hydrogens (tertiary/aromatic N) is 3. The van der Waals surface area contributed by atoms with E-state index < -0.39 is 0 Å². The lowest BCUT2D eigenvalue weighted by atomic mass is 10.2. The van der Waals surface area contributed by atoms with E-state index in [2.05, 4.69) is 30.8 Å². The third kappa shape index (κ3) is 3.78. The second-order valence-corrected chi connectivity index (χ2v) is 6.17. The molecule has 4 aromatic rings. The second kappa shape index (κ2) is 7.51. The number of ether oxygens (including phenoxy) is 1. The van der Waals surface area contributed by atoms with Crippen molar-refractivity contribution >= 4 is 45.6 Å². The van der Waals surface area contributed by atoms with Crippen LogP contribution in [-0.2, 0) is 0 Å².